The van der Waals surface area contributed by atoms with E-state index in [0.29, 0.717) is 5.69 Å². The largest absolute Gasteiger partial charge is 0.494 e. The van der Waals surface area contributed by atoms with Crippen LogP contribution in [0.25, 0.3) is 21.8 Å². The molecule has 0 bridgehead atoms. The Morgan fingerprint density at radius 2 is 1.92 bits per heavy atom. The minimum atomic E-state index is -0.305. The number of hydrogen-bond acceptors (Lipinski definition) is 6. The van der Waals surface area contributed by atoms with Crippen molar-refractivity contribution in [1.82, 2.24) is 15.4 Å². The molecular weight excluding hydrogens is 470 g/mol. The van der Waals surface area contributed by atoms with Crippen LogP contribution >= 0.6 is 11.8 Å². The predicted molar refractivity (Wildman–Crippen MR) is 148 cm³/mol. The molecule has 2 heterocycles. The molecule has 0 saturated carbocycles. The summed E-state index contributed by atoms with van der Waals surface area (Å²) >= 11 is 1.68. The lowest BCUT2D eigenvalue weighted by molar-refractivity contribution is 0.0951. The van der Waals surface area contributed by atoms with E-state index in [1.807, 2.05) is 86.0 Å². The number of para-hydroxylation sites is 1. The van der Waals surface area contributed by atoms with Crippen LogP contribution < -0.4 is 15.5 Å². The molecule has 0 saturated heterocycles. The molecule has 36 heavy (non-hydrogen) atoms. The van der Waals surface area contributed by atoms with E-state index in [1.165, 1.54) is 4.90 Å². The van der Waals surface area contributed by atoms with Crippen LogP contribution in [0.4, 0.5) is 11.4 Å². The number of anilines is 2. The molecule has 1 amide bonds. The summed E-state index contributed by atoms with van der Waals surface area (Å²) in [6.45, 7) is 1.96. The molecule has 7 nitrogen and oxygen atoms in total. The topological polar surface area (TPSA) is 91.4 Å². The van der Waals surface area contributed by atoms with Crippen LogP contribution in [0.1, 0.15) is 21.7 Å². The maximum Gasteiger partial charge on any atom is 0.287 e. The van der Waals surface area contributed by atoms with Crippen molar-refractivity contribution in [1.29, 1.82) is 0 Å². The normalized spacial score (nSPS) is 11.3. The number of carbonyl (C=O) groups is 1. The zero-order valence-electron chi connectivity index (χ0n) is 20.1. The highest BCUT2D eigenvalue weighted by Gasteiger charge is 2.11. The van der Waals surface area contributed by atoms with Gasteiger partial charge in [-0.2, -0.15) is 5.10 Å². The van der Waals surface area contributed by atoms with Crippen molar-refractivity contribution in [3.8, 4) is 5.75 Å². The third-order valence-corrected chi connectivity index (χ3v) is 6.53. The Morgan fingerprint density at radius 1 is 1.08 bits per heavy atom. The van der Waals surface area contributed by atoms with Gasteiger partial charge in [0.25, 0.3) is 5.91 Å². The van der Waals surface area contributed by atoms with Crippen LogP contribution in [0.5, 0.6) is 5.75 Å². The van der Waals surface area contributed by atoms with Crippen LogP contribution in [0.15, 0.2) is 82.8 Å². The van der Waals surface area contributed by atoms with Gasteiger partial charge in [0.2, 0.25) is 0 Å². The number of nitrogens with zero attached hydrogens (tertiary/aromatic N) is 2. The van der Waals surface area contributed by atoms with Crippen molar-refractivity contribution in [3.05, 3.63) is 89.7 Å². The number of benzene rings is 3. The lowest BCUT2D eigenvalue weighted by atomic mass is 10.1. The number of amides is 1. The molecule has 180 valence electrons. The number of thioether (sulfide) groups is 1. The first-order valence-corrected chi connectivity index (χ1v) is 12.6. The van der Waals surface area contributed by atoms with Gasteiger partial charge in [-0.1, -0.05) is 24.3 Å². The fraction of sp³-hybridized carbons (Fsp3) is 0.107. The van der Waals surface area contributed by atoms with Crippen molar-refractivity contribution in [2.45, 2.75) is 11.8 Å². The highest BCUT2D eigenvalue weighted by molar-refractivity contribution is 7.98. The van der Waals surface area contributed by atoms with Gasteiger partial charge in [0.1, 0.15) is 17.0 Å². The molecule has 8 heteroatoms. The zero-order valence-corrected chi connectivity index (χ0v) is 20.9. The van der Waals surface area contributed by atoms with Crippen molar-refractivity contribution in [2.24, 2.45) is 5.10 Å². The molecule has 2 aromatic heterocycles. The Hall–Kier alpha value is -4.30. The second-order valence-corrected chi connectivity index (χ2v) is 9.13. The second kappa shape index (κ2) is 10.1. The number of rotatable bonds is 7. The van der Waals surface area contributed by atoms with Gasteiger partial charge in [-0.05, 0) is 67.3 Å². The van der Waals surface area contributed by atoms with E-state index < -0.39 is 0 Å². The first-order chi connectivity index (χ1) is 17.5. The number of hydrazone groups is 1. The molecule has 0 aliphatic rings. The quantitative estimate of drug-likeness (QED) is 0.141. The Bertz CT molecular complexity index is 1590. The Balaban J connectivity index is 1.34. The third-order valence-electron chi connectivity index (χ3n) is 5.79. The highest BCUT2D eigenvalue weighted by atomic mass is 32.2. The maximum atomic E-state index is 12.6. The number of fused-ring (bicyclic) bond motifs is 2. The van der Waals surface area contributed by atoms with Crippen molar-refractivity contribution >= 4 is 57.1 Å². The summed E-state index contributed by atoms with van der Waals surface area (Å²) in [5, 5.41) is 9.46. The molecule has 3 aromatic carbocycles. The number of aromatic amines is 1. The van der Waals surface area contributed by atoms with Gasteiger partial charge < -0.3 is 15.0 Å². The van der Waals surface area contributed by atoms with E-state index in [2.05, 4.69) is 25.8 Å². The summed E-state index contributed by atoms with van der Waals surface area (Å²) in [5.41, 5.74) is 8.33. The molecule has 0 fully saturated rings. The molecule has 0 aliphatic heterocycles. The molecule has 5 aromatic rings. The molecule has 3 N–H and O–H groups in total. The Kier molecular flexibility index (Phi) is 6.60. The SMILES string of the molecule is COc1cccc2c(Nc3ccc4[nH]c(C(=O)NN=Cc5ccc(SC)cc5)cc4c3)cc(C)nc12. The molecule has 0 unspecified atom stereocenters. The van der Waals surface area contributed by atoms with Crippen LogP contribution in [0.3, 0.4) is 0 Å². The van der Waals surface area contributed by atoms with Gasteiger partial charge in [-0.3, -0.25) is 4.79 Å². The summed E-state index contributed by atoms with van der Waals surface area (Å²) in [5.74, 6) is 0.427. The minimum Gasteiger partial charge on any atom is -0.494 e. The lowest BCUT2D eigenvalue weighted by Crippen LogP contribution is -2.17. The van der Waals surface area contributed by atoms with Crippen molar-refractivity contribution < 1.29 is 9.53 Å². The summed E-state index contributed by atoms with van der Waals surface area (Å²) in [4.78, 5) is 21.6. The third kappa shape index (κ3) is 4.89. The average Bonchev–Trinajstić information content (AvgIpc) is 3.32. The summed E-state index contributed by atoms with van der Waals surface area (Å²) in [6.07, 6.45) is 3.66. The number of carbonyl (C=O) groups excluding carboxylic acids is 1. The van der Waals surface area contributed by atoms with Crippen LogP contribution in [0.2, 0.25) is 0 Å². The van der Waals surface area contributed by atoms with Gasteiger partial charge in [-0.15, -0.1) is 11.8 Å². The molecule has 0 spiro atoms. The van der Waals surface area contributed by atoms with Crippen molar-refractivity contribution in [2.75, 3.05) is 18.7 Å². The van der Waals surface area contributed by atoms with Crippen LogP contribution in [0, 0.1) is 6.92 Å². The lowest BCUT2D eigenvalue weighted by Gasteiger charge is -2.13. The molecular formula is C28H25N5O2S. The van der Waals surface area contributed by atoms with E-state index in [9.17, 15) is 4.79 Å². The molecule has 5 rings (SSSR count). The fourth-order valence-corrected chi connectivity index (χ4v) is 4.43. The van der Waals surface area contributed by atoms with E-state index in [-0.39, 0.29) is 5.91 Å². The van der Waals surface area contributed by atoms with E-state index in [1.54, 1.807) is 25.1 Å². The van der Waals surface area contributed by atoms with Crippen molar-refractivity contribution in [3.63, 3.8) is 0 Å². The first-order valence-electron chi connectivity index (χ1n) is 11.4. The summed E-state index contributed by atoms with van der Waals surface area (Å²) in [7, 11) is 1.65. The number of ether oxygens (including phenoxy) is 1. The number of methoxy groups -OCH3 is 1. The number of hydrogen-bond donors (Lipinski definition) is 3. The average molecular weight is 496 g/mol. The maximum absolute atomic E-state index is 12.6. The van der Waals surface area contributed by atoms with Gasteiger partial charge >= 0.3 is 0 Å². The number of aryl methyl sites for hydroxylation is 1. The number of H-pyrrole nitrogens is 1. The molecule has 0 atom stereocenters. The van der Waals surface area contributed by atoms with Crippen LogP contribution in [-0.4, -0.2) is 35.5 Å². The molecule has 0 aliphatic carbocycles. The Morgan fingerprint density at radius 3 is 2.69 bits per heavy atom. The standard InChI is InChI=1S/C28H25N5O2S/c1-17-13-24(22-5-4-6-26(35-2)27(22)30-17)31-20-9-12-23-19(14-20)15-25(32-23)28(34)33-29-16-18-7-10-21(36-3)11-8-18/h4-16,32H,1-3H3,(H,30,31)(H,33,34). The predicted octanol–water partition coefficient (Wildman–Crippen LogP) is 6.26. The number of aromatic nitrogens is 2. The number of pyridine rings is 1. The second-order valence-electron chi connectivity index (χ2n) is 8.25. The van der Waals surface area contributed by atoms with Crippen LogP contribution in [-0.2, 0) is 0 Å². The highest BCUT2D eigenvalue weighted by Crippen LogP contribution is 2.32. The molecule has 0 radical (unpaired) electrons. The fourth-order valence-electron chi connectivity index (χ4n) is 4.02. The monoisotopic (exact) mass is 495 g/mol. The van der Waals surface area contributed by atoms with Gasteiger partial charge in [0.15, 0.2) is 0 Å². The number of nitrogens with one attached hydrogen (secondary N) is 3. The minimum absolute atomic E-state index is 0.305. The zero-order chi connectivity index (χ0) is 25.1. The summed E-state index contributed by atoms with van der Waals surface area (Å²) in [6, 6.07) is 23.6. The van der Waals surface area contributed by atoms with E-state index >= 15 is 0 Å². The smallest absolute Gasteiger partial charge is 0.287 e. The van der Waals surface area contributed by atoms with Gasteiger partial charge in [0, 0.05) is 38.3 Å². The van der Waals surface area contributed by atoms with E-state index in [4.69, 9.17) is 4.74 Å². The Labute approximate surface area is 213 Å². The van der Waals surface area contributed by atoms with E-state index in [0.717, 1.165) is 50.2 Å². The first kappa shape index (κ1) is 23.4. The summed E-state index contributed by atoms with van der Waals surface area (Å²) < 4.78 is 5.49. The van der Waals surface area contributed by atoms with Gasteiger partial charge in [0.05, 0.1) is 13.3 Å². The van der Waals surface area contributed by atoms with Gasteiger partial charge in [-0.25, -0.2) is 10.4 Å².